The number of methoxy groups -OCH3 is 1. The van der Waals surface area contributed by atoms with E-state index in [1.165, 1.54) is 7.11 Å². The number of carbonyl (C=O) groups excluding carboxylic acids is 1. The van der Waals surface area contributed by atoms with Crippen LogP contribution in [0, 0.1) is 11.3 Å². The molecular weight excluding hydrogens is 421 g/mol. The van der Waals surface area contributed by atoms with Crippen molar-refractivity contribution in [3.63, 3.8) is 0 Å². The first kappa shape index (κ1) is 20.6. The molecule has 1 aliphatic heterocycles. The zero-order chi connectivity index (χ0) is 20.3. The highest BCUT2D eigenvalue weighted by Crippen LogP contribution is 2.31. The van der Waals surface area contributed by atoms with Crippen LogP contribution in [-0.2, 0) is 11.3 Å². The number of carbonyl (C=O) groups is 1. The smallest absolute Gasteiger partial charge is 0.409 e. The molecule has 1 saturated heterocycles. The second-order valence-electron chi connectivity index (χ2n) is 6.50. The quantitative estimate of drug-likeness (QED) is 0.644. The molecule has 1 amide bonds. The van der Waals surface area contributed by atoms with E-state index in [9.17, 15) is 4.79 Å². The van der Waals surface area contributed by atoms with Gasteiger partial charge in [0.1, 0.15) is 6.07 Å². The minimum atomic E-state index is -0.346. The van der Waals surface area contributed by atoms with Gasteiger partial charge in [-0.25, -0.2) is 4.79 Å². The maximum atomic E-state index is 11.9. The van der Waals surface area contributed by atoms with Gasteiger partial charge in [0.2, 0.25) is 0 Å². The minimum Gasteiger partial charge on any atom is -0.453 e. The van der Waals surface area contributed by atoms with Crippen LogP contribution in [-0.4, -0.2) is 37.2 Å². The number of ether oxygens (including phenoxy) is 1. The van der Waals surface area contributed by atoms with Gasteiger partial charge in [-0.1, -0.05) is 34.8 Å². The van der Waals surface area contributed by atoms with E-state index >= 15 is 0 Å². The van der Waals surface area contributed by atoms with E-state index < -0.39 is 0 Å². The number of hydrogen-bond donors (Lipinski definition) is 0. The van der Waals surface area contributed by atoms with E-state index in [4.69, 9.17) is 44.8 Å². The average molecular weight is 439 g/mol. The van der Waals surface area contributed by atoms with E-state index in [0.29, 0.717) is 40.3 Å². The van der Waals surface area contributed by atoms with Crippen molar-refractivity contribution in [3.8, 4) is 6.07 Å². The fourth-order valence-electron chi connectivity index (χ4n) is 3.34. The standard InChI is InChI=1S/C20H18Cl3N3O2/c1-28-20(27)25-7-6-17(12-25)26(11-14-8-15(21)3-5-18(14)22)16-4-2-13(10-24)19(23)9-16/h2-5,8-9,17H,6-7,11-12H2,1H3/t17-/m0/s1. The van der Waals surface area contributed by atoms with Gasteiger partial charge in [0, 0.05) is 41.4 Å². The van der Waals surface area contributed by atoms with Crippen LogP contribution >= 0.6 is 34.8 Å². The van der Waals surface area contributed by atoms with Gasteiger partial charge in [-0.2, -0.15) is 5.26 Å². The Hall–Kier alpha value is -2.13. The zero-order valence-corrected chi connectivity index (χ0v) is 17.4. The summed E-state index contributed by atoms with van der Waals surface area (Å²) in [5, 5.41) is 10.7. The number of likely N-dealkylation sites (tertiary alicyclic amines) is 1. The summed E-state index contributed by atoms with van der Waals surface area (Å²) in [5.74, 6) is 0. The number of anilines is 1. The lowest BCUT2D eigenvalue weighted by Crippen LogP contribution is -2.38. The lowest BCUT2D eigenvalue weighted by Gasteiger charge is -2.32. The molecule has 0 unspecified atom stereocenters. The van der Waals surface area contributed by atoms with Crippen LogP contribution in [0.2, 0.25) is 15.1 Å². The summed E-state index contributed by atoms with van der Waals surface area (Å²) in [6.45, 7) is 1.60. The summed E-state index contributed by atoms with van der Waals surface area (Å²) >= 11 is 18.8. The number of nitrogens with zero attached hydrogens (tertiary/aromatic N) is 3. The van der Waals surface area contributed by atoms with E-state index in [1.54, 1.807) is 29.2 Å². The third-order valence-electron chi connectivity index (χ3n) is 4.79. The third-order valence-corrected chi connectivity index (χ3v) is 5.71. The molecule has 2 aromatic rings. The van der Waals surface area contributed by atoms with Crippen LogP contribution in [0.1, 0.15) is 17.5 Å². The largest absolute Gasteiger partial charge is 0.453 e. The highest BCUT2D eigenvalue weighted by Gasteiger charge is 2.31. The lowest BCUT2D eigenvalue weighted by atomic mass is 10.1. The molecule has 1 atom stereocenters. The fraction of sp³-hybridized carbons (Fsp3) is 0.300. The Morgan fingerprint density at radius 3 is 2.71 bits per heavy atom. The molecule has 0 aliphatic carbocycles. The third kappa shape index (κ3) is 4.47. The molecule has 28 heavy (non-hydrogen) atoms. The van der Waals surface area contributed by atoms with E-state index in [-0.39, 0.29) is 12.1 Å². The van der Waals surface area contributed by atoms with Crippen LogP contribution < -0.4 is 4.90 Å². The molecule has 1 fully saturated rings. The molecule has 1 aliphatic rings. The topological polar surface area (TPSA) is 56.6 Å². The molecule has 5 nitrogen and oxygen atoms in total. The second kappa shape index (κ2) is 8.91. The Morgan fingerprint density at radius 2 is 2.04 bits per heavy atom. The Labute approximate surface area is 178 Å². The highest BCUT2D eigenvalue weighted by molar-refractivity contribution is 6.33. The maximum Gasteiger partial charge on any atom is 0.409 e. The summed E-state index contributed by atoms with van der Waals surface area (Å²) in [4.78, 5) is 15.7. The molecule has 1 heterocycles. The van der Waals surface area contributed by atoms with Crippen molar-refractivity contribution in [1.29, 1.82) is 5.26 Å². The van der Waals surface area contributed by atoms with Gasteiger partial charge in [0.05, 0.1) is 17.7 Å². The Kier molecular flexibility index (Phi) is 6.56. The van der Waals surface area contributed by atoms with Crippen molar-refractivity contribution in [2.75, 3.05) is 25.1 Å². The first-order chi connectivity index (χ1) is 13.4. The molecule has 8 heteroatoms. The van der Waals surface area contributed by atoms with E-state index in [1.807, 2.05) is 12.1 Å². The van der Waals surface area contributed by atoms with Crippen molar-refractivity contribution in [1.82, 2.24) is 4.90 Å². The van der Waals surface area contributed by atoms with Crippen molar-refractivity contribution < 1.29 is 9.53 Å². The second-order valence-corrected chi connectivity index (χ2v) is 7.75. The number of benzene rings is 2. The minimum absolute atomic E-state index is 0.0400. The van der Waals surface area contributed by atoms with Crippen molar-refractivity contribution in [3.05, 3.63) is 62.6 Å². The number of amides is 1. The van der Waals surface area contributed by atoms with Crippen molar-refractivity contribution >= 4 is 46.6 Å². The Bertz CT molecular complexity index is 929. The Balaban J connectivity index is 1.95. The van der Waals surface area contributed by atoms with Gasteiger partial charge >= 0.3 is 6.09 Å². The SMILES string of the molecule is COC(=O)N1CC[C@H](N(Cc2cc(Cl)ccc2Cl)c2ccc(C#N)c(Cl)c2)C1. The van der Waals surface area contributed by atoms with Gasteiger partial charge in [-0.15, -0.1) is 0 Å². The van der Waals surface area contributed by atoms with Crippen molar-refractivity contribution in [2.24, 2.45) is 0 Å². The normalized spacial score (nSPS) is 16.0. The van der Waals surface area contributed by atoms with E-state index in [0.717, 1.165) is 17.7 Å². The van der Waals surface area contributed by atoms with E-state index in [2.05, 4.69) is 11.0 Å². The number of hydrogen-bond acceptors (Lipinski definition) is 4. The monoisotopic (exact) mass is 437 g/mol. The molecule has 2 aromatic carbocycles. The predicted molar refractivity (Wildman–Crippen MR) is 111 cm³/mol. The van der Waals surface area contributed by atoms with Gasteiger partial charge in [-0.3, -0.25) is 0 Å². The van der Waals surface area contributed by atoms with Crippen LogP contribution in [0.4, 0.5) is 10.5 Å². The van der Waals surface area contributed by atoms with Gasteiger partial charge in [0.25, 0.3) is 0 Å². The molecular formula is C20H18Cl3N3O2. The summed E-state index contributed by atoms with van der Waals surface area (Å²) in [7, 11) is 1.37. The van der Waals surface area contributed by atoms with Crippen molar-refractivity contribution in [2.45, 2.75) is 19.0 Å². The number of halogens is 3. The van der Waals surface area contributed by atoms with Crippen LogP contribution in [0.3, 0.4) is 0 Å². The summed E-state index contributed by atoms with van der Waals surface area (Å²) < 4.78 is 4.84. The molecule has 0 spiro atoms. The number of rotatable bonds is 4. The van der Waals surface area contributed by atoms with Gasteiger partial charge in [0.15, 0.2) is 0 Å². The maximum absolute atomic E-state index is 11.9. The molecule has 0 N–H and O–H groups in total. The van der Waals surface area contributed by atoms with Gasteiger partial charge < -0.3 is 14.5 Å². The molecule has 146 valence electrons. The summed E-state index contributed by atoms with van der Waals surface area (Å²) in [6.07, 6.45) is 0.423. The zero-order valence-electron chi connectivity index (χ0n) is 15.2. The van der Waals surface area contributed by atoms with Crippen LogP contribution in [0.15, 0.2) is 36.4 Å². The Morgan fingerprint density at radius 1 is 1.25 bits per heavy atom. The molecule has 0 saturated carbocycles. The summed E-state index contributed by atoms with van der Waals surface area (Å²) in [5.41, 5.74) is 2.12. The first-order valence-corrected chi connectivity index (χ1v) is 9.79. The highest BCUT2D eigenvalue weighted by atomic mass is 35.5. The first-order valence-electron chi connectivity index (χ1n) is 8.66. The molecule has 3 rings (SSSR count). The van der Waals surface area contributed by atoms with Crippen LogP contribution in [0.25, 0.3) is 0 Å². The predicted octanol–water partition coefficient (Wildman–Crippen LogP) is 5.37. The molecule has 0 radical (unpaired) electrons. The lowest BCUT2D eigenvalue weighted by molar-refractivity contribution is 0.132. The number of nitriles is 1. The average Bonchev–Trinajstić information content (AvgIpc) is 3.17. The van der Waals surface area contributed by atoms with Gasteiger partial charge in [-0.05, 0) is 48.4 Å². The molecule has 0 aromatic heterocycles. The fourth-order valence-corrected chi connectivity index (χ4v) is 3.93. The van der Waals surface area contributed by atoms with Crippen LogP contribution in [0.5, 0.6) is 0 Å². The molecule has 0 bridgehead atoms. The summed E-state index contributed by atoms with van der Waals surface area (Å²) in [6, 6.07) is 12.7.